The summed E-state index contributed by atoms with van der Waals surface area (Å²) < 4.78 is 14.1. The van der Waals surface area contributed by atoms with Crippen LogP contribution in [0.1, 0.15) is 28.9 Å². The summed E-state index contributed by atoms with van der Waals surface area (Å²) in [6.07, 6.45) is 0. The lowest BCUT2D eigenvalue weighted by Gasteiger charge is -2.14. The summed E-state index contributed by atoms with van der Waals surface area (Å²) in [5.74, 6) is -0.963. The van der Waals surface area contributed by atoms with Gasteiger partial charge in [0.25, 0.3) is 5.91 Å². The van der Waals surface area contributed by atoms with Gasteiger partial charge >= 0.3 is 0 Å². The number of carbonyl (C=O) groups is 1. The fourth-order valence-corrected chi connectivity index (χ4v) is 2.14. The van der Waals surface area contributed by atoms with Gasteiger partial charge in [0.2, 0.25) is 0 Å². The molecule has 19 heavy (non-hydrogen) atoms. The SMILES string of the molecule is C[C@@H](NC(=O)c1cccc(Br)c1F)c1ccccc1. The Morgan fingerprint density at radius 2 is 1.84 bits per heavy atom. The van der Waals surface area contributed by atoms with Gasteiger partial charge in [-0.15, -0.1) is 0 Å². The average Bonchev–Trinajstić information content (AvgIpc) is 2.42. The smallest absolute Gasteiger partial charge is 0.254 e. The Labute approximate surface area is 119 Å². The van der Waals surface area contributed by atoms with Crippen molar-refractivity contribution in [3.05, 3.63) is 69.9 Å². The van der Waals surface area contributed by atoms with E-state index in [0.29, 0.717) is 0 Å². The Balaban J connectivity index is 2.16. The molecule has 2 aromatic rings. The second kappa shape index (κ2) is 5.97. The molecule has 0 fully saturated rings. The molecule has 1 N–H and O–H groups in total. The minimum absolute atomic E-state index is 0.0390. The van der Waals surface area contributed by atoms with Crippen LogP contribution in [0.25, 0.3) is 0 Å². The molecule has 4 heteroatoms. The van der Waals surface area contributed by atoms with Crippen LogP contribution in [0.5, 0.6) is 0 Å². The zero-order chi connectivity index (χ0) is 13.8. The van der Waals surface area contributed by atoms with E-state index in [4.69, 9.17) is 0 Å². The number of carbonyl (C=O) groups excluding carboxylic acids is 1. The molecule has 98 valence electrons. The molecule has 0 saturated heterocycles. The normalized spacial score (nSPS) is 11.9. The molecular formula is C15H13BrFNO. The van der Waals surface area contributed by atoms with Crippen LogP contribution in [0.2, 0.25) is 0 Å². The molecule has 0 bridgehead atoms. The highest BCUT2D eigenvalue weighted by Gasteiger charge is 2.16. The molecule has 0 spiro atoms. The average molecular weight is 322 g/mol. The Hall–Kier alpha value is -1.68. The van der Waals surface area contributed by atoms with Crippen molar-refractivity contribution in [2.75, 3.05) is 0 Å². The summed E-state index contributed by atoms with van der Waals surface area (Å²) in [5, 5.41) is 2.78. The molecule has 1 amide bonds. The van der Waals surface area contributed by atoms with Crippen molar-refractivity contribution in [1.82, 2.24) is 5.32 Å². The van der Waals surface area contributed by atoms with Gasteiger partial charge in [-0.05, 0) is 40.5 Å². The molecule has 2 nitrogen and oxygen atoms in total. The first-order valence-electron chi connectivity index (χ1n) is 5.89. The molecule has 0 aromatic heterocycles. The van der Waals surface area contributed by atoms with Crippen LogP contribution in [0.15, 0.2) is 53.0 Å². The summed E-state index contributed by atoms with van der Waals surface area (Å²) in [6, 6.07) is 14.0. The molecular weight excluding hydrogens is 309 g/mol. The van der Waals surface area contributed by atoms with Crippen molar-refractivity contribution in [3.63, 3.8) is 0 Å². The number of hydrogen-bond donors (Lipinski definition) is 1. The largest absolute Gasteiger partial charge is 0.345 e. The van der Waals surface area contributed by atoms with Gasteiger partial charge in [0, 0.05) is 0 Å². The van der Waals surface area contributed by atoms with Crippen molar-refractivity contribution in [2.45, 2.75) is 13.0 Å². The predicted molar refractivity (Wildman–Crippen MR) is 76.4 cm³/mol. The zero-order valence-corrected chi connectivity index (χ0v) is 11.9. The molecule has 0 saturated carbocycles. The fourth-order valence-electron chi connectivity index (χ4n) is 1.78. The van der Waals surface area contributed by atoms with Crippen molar-refractivity contribution >= 4 is 21.8 Å². The van der Waals surface area contributed by atoms with Gasteiger partial charge in [-0.1, -0.05) is 36.4 Å². The van der Waals surface area contributed by atoms with Gasteiger partial charge < -0.3 is 5.32 Å². The Morgan fingerprint density at radius 3 is 2.53 bits per heavy atom. The number of benzene rings is 2. The quantitative estimate of drug-likeness (QED) is 0.906. The number of amides is 1. The number of nitrogens with one attached hydrogen (secondary N) is 1. The van der Waals surface area contributed by atoms with Crippen molar-refractivity contribution in [1.29, 1.82) is 0 Å². The summed E-state index contributed by atoms with van der Waals surface area (Å²) in [4.78, 5) is 12.0. The molecule has 2 aromatic carbocycles. The lowest BCUT2D eigenvalue weighted by molar-refractivity contribution is 0.0935. The third-order valence-electron chi connectivity index (χ3n) is 2.84. The number of hydrogen-bond acceptors (Lipinski definition) is 1. The maximum absolute atomic E-state index is 13.8. The monoisotopic (exact) mass is 321 g/mol. The zero-order valence-electron chi connectivity index (χ0n) is 10.4. The number of halogens is 2. The maximum atomic E-state index is 13.8. The molecule has 0 aliphatic carbocycles. The van der Waals surface area contributed by atoms with Gasteiger partial charge in [-0.2, -0.15) is 0 Å². The van der Waals surface area contributed by atoms with E-state index >= 15 is 0 Å². The van der Waals surface area contributed by atoms with Crippen LogP contribution in [0.4, 0.5) is 4.39 Å². The van der Waals surface area contributed by atoms with Crippen LogP contribution < -0.4 is 5.32 Å². The lowest BCUT2D eigenvalue weighted by Crippen LogP contribution is -2.27. The molecule has 1 atom stereocenters. The number of rotatable bonds is 3. The second-order valence-electron chi connectivity index (χ2n) is 4.21. The lowest BCUT2D eigenvalue weighted by atomic mass is 10.1. The summed E-state index contributed by atoms with van der Waals surface area (Å²) in [7, 11) is 0. The van der Waals surface area contributed by atoms with E-state index in [1.807, 2.05) is 37.3 Å². The second-order valence-corrected chi connectivity index (χ2v) is 5.06. The summed E-state index contributed by atoms with van der Waals surface area (Å²) >= 11 is 3.07. The van der Waals surface area contributed by atoms with E-state index in [2.05, 4.69) is 21.2 Å². The van der Waals surface area contributed by atoms with E-state index in [1.165, 1.54) is 6.07 Å². The topological polar surface area (TPSA) is 29.1 Å². The van der Waals surface area contributed by atoms with Gasteiger partial charge in [-0.25, -0.2) is 4.39 Å². The van der Waals surface area contributed by atoms with E-state index < -0.39 is 11.7 Å². The van der Waals surface area contributed by atoms with Crippen LogP contribution in [0.3, 0.4) is 0 Å². The molecule has 2 rings (SSSR count). The molecule has 0 unspecified atom stereocenters. The summed E-state index contributed by atoms with van der Waals surface area (Å²) in [5.41, 5.74) is 1.02. The van der Waals surface area contributed by atoms with E-state index in [9.17, 15) is 9.18 Å². The Bertz CT molecular complexity index is 586. The Morgan fingerprint density at radius 1 is 1.16 bits per heavy atom. The van der Waals surface area contributed by atoms with E-state index in [1.54, 1.807) is 12.1 Å². The summed E-state index contributed by atoms with van der Waals surface area (Å²) in [6.45, 7) is 1.86. The highest BCUT2D eigenvalue weighted by molar-refractivity contribution is 9.10. The third kappa shape index (κ3) is 3.20. The minimum Gasteiger partial charge on any atom is -0.345 e. The van der Waals surface area contributed by atoms with E-state index in [-0.39, 0.29) is 16.1 Å². The standard InChI is InChI=1S/C15H13BrFNO/c1-10(11-6-3-2-4-7-11)18-15(19)12-8-5-9-13(16)14(12)17/h2-10H,1H3,(H,18,19)/t10-/m1/s1. The van der Waals surface area contributed by atoms with Gasteiger partial charge in [0.15, 0.2) is 0 Å². The maximum Gasteiger partial charge on any atom is 0.254 e. The molecule has 0 aliphatic rings. The third-order valence-corrected chi connectivity index (χ3v) is 3.46. The first-order valence-corrected chi connectivity index (χ1v) is 6.68. The first-order chi connectivity index (χ1) is 9.09. The van der Waals surface area contributed by atoms with Crippen molar-refractivity contribution in [3.8, 4) is 0 Å². The highest BCUT2D eigenvalue weighted by Crippen LogP contribution is 2.19. The Kier molecular flexibility index (Phi) is 4.32. The fraction of sp³-hybridized carbons (Fsp3) is 0.133. The van der Waals surface area contributed by atoms with Crippen LogP contribution in [-0.4, -0.2) is 5.91 Å². The first kappa shape index (κ1) is 13.7. The molecule has 0 aliphatic heterocycles. The van der Waals surface area contributed by atoms with Crippen LogP contribution in [-0.2, 0) is 0 Å². The molecule has 0 radical (unpaired) electrons. The highest BCUT2D eigenvalue weighted by atomic mass is 79.9. The minimum atomic E-state index is -0.541. The van der Waals surface area contributed by atoms with Gasteiger partial charge in [0.05, 0.1) is 16.1 Å². The van der Waals surface area contributed by atoms with E-state index in [0.717, 1.165) is 5.56 Å². The van der Waals surface area contributed by atoms with Gasteiger partial charge in [-0.3, -0.25) is 4.79 Å². The van der Waals surface area contributed by atoms with Crippen molar-refractivity contribution in [2.24, 2.45) is 0 Å². The van der Waals surface area contributed by atoms with Crippen molar-refractivity contribution < 1.29 is 9.18 Å². The van der Waals surface area contributed by atoms with Gasteiger partial charge in [0.1, 0.15) is 5.82 Å². The van der Waals surface area contributed by atoms with Crippen LogP contribution in [0, 0.1) is 5.82 Å². The predicted octanol–water partition coefficient (Wildman–Crippen LogP) is 4.08. The van der Waals surface area contributed by atoms with Crippen LogP contribution >= 0.6 is 15.9 Å². The molecule has 0 heterocycles.